The van der Waals surface area contributed by atoms with Crippen molar-refractivity contribution >= 4 is 6.47 Å². The van der Waals surface area contributed by atoms with Gasteiger partial charge in [0.1, 0.15) is 0 Å². The van der Waals surface area contributed by atoms with E-state index in [-0.39, 0.29) is 5.41 Å². The van der Waals surface area contributed by atoms with Crippen LogP contribution in [0.5, 0.6) is 0 Å². The summed E-state index contributed by atoms with van der Waals surface area (Å²) in [6, 6.07) is 0. The molecular formula is C9H19NO5. The first-order valence-electron chi connectivity index (χ1n) is 4.60. The molecule has 0 spiro atoms. The van der Waals surface area contributed by atoms with Gasteiger partial charge in [-0.3, -0.25) is 4.79 Å². The van der Waals surface area contributed by atoms with Gasteiger partial charge >= 0.3 is 0 Å². The van der Waals surface area contributed by atoms with E-state index in [4.69, 9.17) is 20.1 Å². The highest BCUT2D eigenvalue weighted by Crippen LogP contribution is 2.24. The predicted molar refractivity (Wildman–Crippen MR) is 54.0 cm³/mol. The Hall–Kier alpha value is -1.33. The van der Waals surface area contributed by atoms with Crippen LogP contribution in [0, 0.1) is 21.4 Å². The van der Waals surface area contributed by atoms with Gasteiger partial charge in [-0.2, -0.15) is 0 Å². The summed E-state index contributed by atoms with van der Waals surface area (Å²) in [5.74, 6) is 0.653. The van der Waals surface area contributed by atoms with Crippen LogP contribution in [-0.4, -0.2) is 23.4 Å². The lowest BCUT2D eigenvalue weighted by Crippen LogP contribution is -2.21. The summed E-state index contributed by atoms with van der Waals surface area (Å²) in [5.41, 5.74) is 0.120. The molecule has 90 valence electrons. The van der Waals surface area contributed by atoms with Gasteiger partial charge in [-0.15, -0.1) is 10.1 Å². The molecule has 0 radical (unpaired) electrons. The second kappa shape index (κ2) is 8.02. The minimum atomic E-state index is -1.50. The van der Waals surface area contributed by atoms with Gasteiger partial charge in [-0.05, 0) is 17.8 Å². The fourth-order valence-corrected chi connectivity index (χ4v) is 1.42. The van der Waals surface area contributed by atoms with E-state index in [1.165, 1.54) is 0 Å². The van der Waals surface area contributed by atoms with Gasteiger partial charge in [0.25, 0.3) is 11.6 Å². The van der Waals surface area contributed by atoms with Crippen molar-refractivity contribution in [3.8, 4) is 0 Å². The first-order valence-corrected chi connectivity index (χ1v) is 4.60. The van der Waals surface area contributed by atoms with Gasteiger partial charge in [0.15, 0.2) is 0 Å². The summed E-state index contributed by atoms with van der Waals surface area (Å²) < 4.78 is 4.72. The van der Waals surface area contributed by atoms with Gasteiger partial charge in [0.05, 0.1) is 6.61 Å². The molecule has 0 aliphatic rings. The topological polar surface area (TPSA) is 89.7 Å². The first-order chi connectivity index (χ1) is 6.71. The largest absolute Gasteiger partial charge is 0.467 e. The summed E-state index contributed by atoms with van der Waals surface area (Å²) >= 11 is 0. The van der Waals surface area contributed by atoms with E-state index in [2.05, 4.69) is 27.7 Å². The normalized spacial score (nSPS) is 10.2. The predicted octanol–water partition coefficient (Wildman–Crippen LogP) is 1.88. The molecule has 0 unspecified atom stereocenters. The minimum absolute atomic E-state index is 0.120. The number of rotatable bonds is 5. The number of hydrogen-bond acceptors (Lipinski definition) is 4. The summed E-state index contributed by atoms with van der Waals surface area (Å²) in [7, 11) is 0. The van der Waals surface area contributed by atoms with Gasteiger partial charge in [0.2, 0.25) is 0 Å². The number of carbonyl (C=O) groups excluding carboxylic acids is 1. The second-order valence-electron chi connectivity index (χ2n) is 4.41. The molecule has 0 fully saturated rings. The molecule has 0 saturated heterocycles. The summed E-state index contributed by atoms with van der Waals surface area (Å²) in [5, 5.41) is 13.6. The van der Waals surface area contributed by atoms with E-state index in [0.717, 1.165) is 6.42 Å². The zero-order valence-electron chi connectivity index (χ0n) is 9.60. The number of ether oxygens (including phenoxy) is 1. The molecule has 0 aromatic rings. The van der Waals surface area contributed by atoms with Crippen LogP contribution in [0.25, 0.3) is 0 Å². The zero-order chi connectivity index (χ0) is 12.5. The Balaban J connectivity index is 0. The maximum Gasteiger partial charge on any atom is 0.293 e. The quantitative estimate of drug-likeness (QED) is 0.435. The minimum Gasteiger partial charge on any atom is -0.467 e. The first kappa shape index (κ1) is 16.1. The molecular weight excluding hydrogens is 202 g/mol. The molecule has 0 amide bonds. The van der Waals surface area contributed by atoms with E-state index in [0.29, 0.717) is 19.0 Å². The second-order valence-corrected chi connectivity index (χ2v) is 4.41. The molecule has 0 saturated carbocycles. The molecule has 0 aromatic heterocycles. The lowest BCUT2D eigenvalue weighted by molar-refractivity contribution is -0.742. The standard InChI is InChI=1S/C9H18O2.HNO3/c1-8(2)5-9(3,4)6-11-7-10;2-1(3)4/h7-8H,5-6H2,1-4H3;(H,2,3,4). The van der Waals surface area contributed by atoms with Crippen molar-refractivity contribution in [3.05, 3.63) is 10.1 Å². The molecule has 1 N–H and O–H groups in total. The van der Waals surface area contributed by atoms with Gasteiger partial charge in [-0.25, -0.2) is 0 Å². The van der Waals surface area contributed by atoms with E-state index in [1.54, 1.807) is 0 Å². The van der Waals surface area contributed by atoms with Gasteiger partial charge in [-0.1, -0.05) is 27.7 Å². The fraction of sp³-hybridized carbons (Fsp3) is 0.889. The maximum absolute atomic E-state index is 9.92. The molecule has 0 heterocycles. The zero-order valence-corrected chi connectivity index (χ0v) is 9.60. The highest BCUT2D eigenvalue weighted by atomic mass is 16.9. The number of hydrogen-bond donors (Lipinski definition) is 1. The van der Waals surface area contributed by atoms with E-state index in [9.17, 15) is 4.79 Å². The smallest absolute Gasteiger partial charge is 0.293 e. The Kier molecular flexibility index (Phi) is 8.61. The molecule has 6 nitrogen and oxygen atoms in total. The van der Waals surface area contributed by atoms with Crippen LogP contribution in [-0.2, 0) is 9.53 Å². The third kappa shape index (κ3) is 19.2. The van der Waals surface area contributed by atoms with Crippen LogP contribution >= 0.6 is 0 Å². The van der Waals surface area contributed by atoms with E-state index in [1.807, 2.05) is 0 Å². The molecule has 0 aliphatic heterocycles. The molecule has 15 heavy (non-hydrogen) atoms. The SMILES string of the molecule is CC(C)CC(C)(C)COC=O.O=[N+]([O-])O. The van der Waals surface area contributed by atoms with Crippen LogP contribution in [0.1, 0.15) is 34.1 Å². The van der Waals surface area contributed by atoms with Crippen molar-refractivity contribution < 1.29 is 19.8 Å². The van der Waals surface area contributed by atoms with Crippen molar-refractivity contribution in [1.82, 2.24) is 0 Å². The van der Waals surface area contributed by atoms with Crippen molar-refractivity contribution in [2.24, 2.45) is 11.3 Å². The van der Waals surface area contributed by atoms with Crippen molar-refractivity contribution in [2.75, 3.05) is 6.61 Å². The summed E-state index contributed by atoms with van der Waals surface area (Å²) in [6.07, 6.45) is 1.08. The van der Waals surface area contributed by atoms with Crippen LogP contribution in [0.2, 0.25) is 0 Å². The summed E-state index contributed by atoms with van der Waals surface area (Å²) in [4.78, 5) is 18.3. The highest BCUT2D eigenvalue weighted by molar-refractivity contribution is 5.36. The van der Waals surface area contributed by atoms with Crippen LogP contribution < -0.4 is 0 Å². The number of nitrogens with zero attached hydrogens (tertiary/aromatic N) is 1. The molecule has 0 aliphatic carbocycles. The molecule has 0 atom stereocenters. The van der Waals surface area contributed by atoms with E-state index >= 15 is 0 Å². The molecule has 6 heteroatoms. The lowest BCUT2D eigenvalue weighted by Gasteiger charge is -2.24. The van der Waals surface area contributed by atoms with Gasteiger partial charge < -0.3 is 9.94 Å². The number of carbonyl (C=O) groups is 1. The highest BCUT2D eigenvalue weighted by Gasteiger charge is 2.19. The van der Waals surface area contributed by atoms with Crippen LogP contribution in [0.4, 0.5) is 0 Å². The lowest BCUT2D eigenvalue weighted by atomic mass is 9.85. The molecule has 0 aromatic carbocycles. The average molecular weight is 221 g/mol. The van der Waals surface area contributed by atoms with Gasteiger partial charge in [0, 0.05) is 0 Å². The Morgan fingerprint density at radius 2 is 1.93 bits per heavy atom. The van der Waals surface area contributed by atoms with Crippen molar-refractivity contribution in [2.45, 2.75) is 34.1 Å². The Morgan fingerprint density at radius 1 is 1.53 bits per heavy atom. The Morgan fingerprint density at radius 3 is 2.20 bits per heavy atom. The summed E-state index contributed by atoms with van der Waals surface area (Å²) in [6.45, 7) is 9.59. The molecule has 0 rings (SSSR count). The monoisotopic (exact) mass is 221 g/mol. The third-order valence-electron chi connectivity index (χ3n) is 1.50. The van der Waals surface area contributed by atoms with Crippen molar-refractivity contribution in [3.63, 3.8) is 0 Å². The maximum atomic E-state index is 9.92. The van der Waals surface area contributed by atoms with Crippen LogP contribution in [0.15, 0.2) is 0 Å². The fourth-order valence-electron chi connectivity index (χ4n) is 1.42. The Labute approximate surface area is 89.3 Å². The molecule has 0 bridgehead atoms. The van der Waals surface area contributed by atoms with Crippen molar-refractivity contribution in [1.29, 1.82) is 0 Å². The Bertz CT molecular complexity index is 187. The van der Waals surface area contributed by atoms with E-state index < -0.39 is 5.09 Å². The average Bonchev–Trinajstić information content (AvgIpc) is 1.97. The van der Waals surface area contributed by atoms with Crippen LogP contribution in [0.3, 0.4) is 0 Å². The third-order valence-corrected chi connectivity index (χ3v) is 1.50.